The molecule has 0 aliphatic heterocycles. The number of carbonyl (C=O) groups is 1. The van der Waals surface area contributed by atoms with Gasteiger partial charge in [-0.05, 0) is 16.3 Å². The van der Waals surface area contributed by atoms with Crippen molar-refractivity contribution in [1.29, 1.82) is 0 Å². The van der Waals surface area contributed by atoms with Gasteiger partial charge in [-0.15, -0.1) is 10.2 Å². The number of benzene rings is 2. The highest BCUT2D eigenvalue weighted by molar-refractivity contribution is 5.86. The lowest BCUT2D eigenvalue weighted by Crippen LogP contribution is -1.90. The summed E-state index contributed by atoms with van der Waals surface area (Å²) in [6, 6.07) is 14.1. The number of hydrogen-bond donors (Lipinski definition) is 1. The number of aliphatic carboxylic acids is 1. The Morgan fingerprint density at radius 3 is 2.81 bits per heavy atom. The number of rotatable bonds is 4. The molecule has 0 atom stereocenters. The van der Waals surface area contributed by atoms with Crippen LogP contribution in [0.3, 0.4) is 0 Å². The average molecular weight is 280 g/mol. The molecule has 0 aliphatic carbocycles. The fraction of sp³-hybridized carbons (Fsp3) is 0.0625. The first-order chi connectivity index (χ1) is 10.2. The van der Waals surface area contributed by atoms with E-state index < -0.39 is 5.97 Å². The summed E-state index contributed by atoms with van der Waals surface area (Å²) in [5.74, 6) is -0.409. The fourth-order valence-corrected chi connectivity index (χ4v) is 2.16. The monoisotopic (exact) mass is 280 g/mol. The molecule has 104 valence electrons. The molecular weight excluding hydrogens is 268 g/mol. The van der Waals surface area contributed by atoms with Crippen molar-refractivity contribution in [2.24, 2.45) is 0 Å². The minimum atomic E-state index is -1.05. The number of fused-ring (bicyclic) bond motifs is 1. The lowest BCUT2D eigenvalue weighted by atomic mass is 10.0. The highest BCUT2D eigenvalue weighted by atomic mass is 16.4. The fourth-order valence-electron chi connectivity index (χ4n) is 2.16. The number of aromatic nitrogens is 2. The maximum Gasteiger partial charge on any atom is 0.328 e. The molecule has 5 heteroatoms. The second kappa shape index (κ2) is 5.58. The van der Waals surface area contributed by atoms with Gasteiger partial charge in [-0.3, -0.25) is 0 Å². The molecule has 0 saturated carbocycles. The van der Waals surface area contributed by atoms with E-state index >= 15 is 0 Å². The van der Waals surface area contributed by atoms with E-state index in [1.165, 1.54) is 6.08 Å². The molecule has 0 spiro atoms. The first kappa shape index (κ1) is 13.1. The van der Waals surface area contributed by atoms with Crippen molar-refractivity contribution >= 4 is 22.8 Å². The van der Waals surface area contributed by atoms with Gasteiger partial charge < -0.3 is 9.52 Å². The molecule has 21 heavy (non-hydrogen) atoms. The SMILES string of the molecule is O=C(O)/C=C/c1nnc(Cc2cccc3ccccc23)o1. The third-order valence-corrected chi connectivity index (χ3v) is 3.07. The van der Waals surface area contributed by atoms with E-state index in [1.807, 2.05) is 42.5 Å². The largest absolute Gasteiger partial charge is 0.478 e. The lowest BCUT2D eigenvalue weighted by molar-refractivity contribution is -0.131. The van der Waals surface area contributed by atoms with E-state index in [0.717, 1.165) is 22.4 Å². The van der Waals surface area contributed by atoms with Crippen molar-refractivity contribution in [3.8, 4) is 0 Å². The second-order valence-corrected chi connectivity index (χ2v) is 4.52. The minimum absolute atomic E-state index is 0.188. The van der Waals surface area contributed by atoms with E-state index in [4.69, 9.17) is 9.52 Å². The molecule has 0 amide bonds. The summed E-state index contributed by atoms with van der Waals surface area (Å²) in [7, 11) is 0. The number of carboxylic acid groups (broad SMARTS) is 1. The van der Waals surface area contributed by atoms with Gasteiger partial charge in [0.1, 0.15) is 0 Å². The highest BCUT2D eigenvalue weighted by Gasteiger charge is 2.07. The Labute approximate surface area is 120 Å². The zero-order valence-electron chi connectivity index (χ0n) is 11.1. The van der Waals surface area contributed by atoms with Gasteiger partial charge >= 0.3 is 5.97 Å². The second-order valence-electron chi connectivity index (χ2n) is 4.52. The van der Waals surface area contributed by atoms with Gasteiger partial charge in [0.25, 0.3) is 0 Å². The Kier molecular flexibility index (Phi) is 3.47. The van der Waals surface area contributed by atoms with Crippen LogP contribution >= 0.6 is 0 Å². The smallest absolute Gasteiger partial charge is 0.328 e. The quantitative estimate of drug-likeness (QED) is 0.743. The third-order valence-electron chi connectivity index (χ3n) is 3.07. The summed E-state index contributed by atoms with van der Waals surface area (Å²) < 4.78 is 5.41. The van der Waals surface area contributed by atoms with Crippen molar-refractivity contribution in [3.63, 3.8) is 0 Å². The van der Waals surface area contributed by atoms with Crippen LogP contribution in [0.2, 0.25) is 0 Å². The summed E-state index contributed by atoms with van der Waals surface area (Å²) >= 11 is 0. The maximum absolute atomic E-state index is 10.4. The molecule has 1 N–H and O–H groups in total. The minimum Gasteiger partial charge on any atom is -0.478 e. The number of carboxylic acids is 1. The van der Waals surface area contributed by atoms with Crippen LogP contribution in [0.1, 0.15) is 17.3 Å². The van der Waals surface area contributed by atoms with E-state index in [1.54, 1.807) is 0 Å². The molecule has 0 bridgehead atoms. The maximum atomic E-state index is 10.4. The van der Waals surface area contributed by atoms with Crippen LogP contribution in [-0.2, 0) is 11.2 Å². The van der Waals surface area contributed by atoms with Crippen molar-refractivity contribution in [2.75, 3.05) is 0 Å². The Morgan fingerprint density at radius 2 is 1.95 bits per heavy atom. The van der Waals surface area contributed by atoms with Gasteiger partial charge in [-0.25, -0.2) is 4.79 Å². The van der Waals surface area contributed by atoms with Crippen LogP contribution in [0.4, 0.5) is 0 Å². The van der Waals surface area contributed by atoms with Crippen molar-refractivity contribution in [3.05, 3.63) is 65.9 Å². The lowest BCUT2D eigenvalue weighted by Gasteiger charge is -2.03. The molecule has 5 nitrogen and oxygen atoms in total. The van der Waals surface area contributed by atoms with E-state index in [2.05, 4.69) is 10.2 Å². The van der Waals surface area contributed by atoms with Gasteiger partial charge in [-0.1, -0.05) is 42.5 Å². The summed E-state index contributed by atoms with van der Waals surface area (Å²) in [6.45, 7) is 0. The highest BCUT2D eigenvalue weighted by Crippen LogP contribution is 2.21. The van der Waals surface area contributed by atoms with Crippen molar-refractivity contribution < 1.29 is 14.3 Å². The zero-order chi connectivity index (χ0) is 14.7. The Morgan fingerprint density at radius 1 is 1.14 bits per heavy atom. The summed E-state index contributed by atoms with van der Waals surface area (Å²) in [6.07, 6.45) is 2.76. The number of nitrogens with zero attached hydrogens (tertiary/aromatic N) is 2. The van der Waals surface area contributed by atoms with Gasteiger partial charge in [-0.2, -0.15) is 0 Å². The molecule has 0 aliphatic rings. The Bertz CT molecular complexity index is 816. The molecule has 0 radical (unpaired) electrons. The van der Waals surface area contributed by atoms with E-state index in [0.29, 0.717) is 12.3 Å². The van der Waals surface area contributed by atoms with Crippen LogP contribution in [0.15, 0.2) is 53.0 Å². The normalized spacial score (nSPS) is 11.2. The van der Waals surface area contributed by atoms with Crippen LogP contribution in [0.5, 0.6) is 0 Å². The summed E-state index contributed by atoms with van der Waals surface area (Å²) in [5.41, 5.74) is 1.09. The topological polar surface area (TPSA) is 76.2 Å². The van der Waals surface area contributed by atoms with E-state index in [-0.39, 0.29) is 5.89 Å². The van der Waals surface area contributed by atoms with Crippen LogP contribution < -0.4 is 0 Å². The van der Waals surface area contributed by atoms with Crippen molar-refractivity contribution in [1.82, 2.24) is 10.2 Å². The molecule has 1 heterocycles. The molecule has 3 rings (SSSR count). The first-order valence-corrected chi connectivity index (χ1v) is 6.42. The molecule has 0 saturated heterocycles. The molecular formula is C16H12N2O3. The Hall–Kier alpha value is -2.95. The predicted octanol–water partition coefficient (Wildman–Crippen LogP) is 2.91. The first-order valence-electron chi connectivity index (χ1n) is 6.42. The van der Waals surface area contributed by atoms with Gasteiger partial charge in [0.05, 0.1) is 6.42 Å². The molecule has 0 unspecified atom stereocenters. The molecule has 2 aromatic carbocycles. The van der Waals surface area contributed by atoms with Gasteiger partial charge in [0.15, 0.2) is 0 Å². The Balaban J connectivity index is 1.87. The van der Waals surface area contributed by atoms with Crippen molar-refractivity contribution in [2.45, 2.75) is 6.42 Å². The van der Waals surface area contributed by atoms with E-state index in [9.17, 15) is 4.79 Å². The average Bonchev–Trinajstić information content (AvgIpc) is 2.93. The third kappa shape index (κ3) is 2.97. The number of hydrogen-bond acceptors (Lipinski definition) is 4. The zero-order valence-corrected chi connectivity index (χ0v) is 11.1. The van der Waals surface area contributed by atoms with Crippen LogP contribution in [0, 0.1) is 0 Å². The molecule has 1 aromatic heterocycles. The standard InChI is InChI=1S/C16H12N2O3/c19-16(20)9-8-14-17-18-15(21-14)10-12-6-3-5-11-4-1-2-7-13(11)12/h1-9H,10H2,(H,19,20)/b9-8+. The van der Waals surface area contributed by atoms with Crippen LogP contribution in [0.25, 0.3) is 16.8 Å². The molecule has 0 fully saturated rings. The van der Waals surface area contributed by atoms with Gasteiger partial charge in [0.2, 0.25) is 11.8 Å². The summed E-state index contributed by atoms with van der Waals surface area (Å²) in [4.78, 5) is 10.4. The predicted molar refractivity (Wildman–Crippen MR) is 77.7 cm³/mol. The summed E-state index contributed by atoms with van der Waals surface area (Å²) in [5, 5.41) is 18.6. The molecule has 3 aromatic rings. The van der Waals surface area contributed by atoms with Gasteiger partial charge in [0, 0.05) is 12.2 Å². The van der Waals surface area contributed by atoms with Crippen LogP contribution in [-0.4, -0.2) is 21.3 Å².